The van der Waals surface area contributed by atoms with Crippen molar-refractivity contribution in [3.8, 4) is 11.5 Å². The number of hydrogen-bond acceptors (Lipinski definition) is 7. The van der Waals surface area contributed by atoms with Crippen molar-refractivity contribution >= 4 is 27.3 Å². The second kappa shape index (κ2) is 8.99. The highest BCUT2D eigenvalue weighted by molar-refractivity contribution is 7.92. The lowest BCUT2D eigenvalue weighted by Crippen LogP contribution is -2.27. The highest BCUT2D eigenvalue weighted by atomic mass is 32.2. The monoisotopic (exact) mass is 469 g/mol. The van der Waals surface area contributed by atoms with Crippen LogP contribution in [-0.4, -0.2) is 45.5 Å². The van der Waals surface area contributed by atoms with E-state index in [1.807, 2.05) is 6.07 Å². The van der Waals surface area contributed by atoms with Gasteiger partial charge < -0.3 is 13.9 Å². The third kappa shape index (κ3) is 4.85. The van der Waals surface area contributed by atoms with E-state index in [9.17, 15) is 13.2 Å². The standard InChI is InChI=1S/C23H23N3O6S/c1-30-17-10-11-18(22(13-17)31-2)20-14-19(24-26(20)23(27)21-5-4-12-32-21)15-6-8-16(9-7-15)25-33(3,28)29/h4-13,20,25H,14H2,1-3H3/t20-/m1/s1. The van der Waals surface area contributed by atoms with Crippen LogP contribution in [0.1, 0.15) is 34.1 Å². The number of anilines is 1. The highest BCUT2D eigenvalue weighted by Crippen LogP contribution is 2.39. The Bertz CT molecular complexity index is 1280. The molecule has 33 heavy (non-hydrogen) atoms. The van der Waals surface area contributed by atoms with Gasteiger partial charge >= 0.3 is 5.91 Å². The van der Waals surface area contributed by atoms with Gasteiger partial charge in [-0.1, -0.05) is 12.1 Å². The number of amides is 1. The Morgan fingerprint density at radius 1 is 1.12 bits per heavy atom. The number of rotatable bonds is 7. The van der Waals surface area contributed by atoms with Gasteiger partial charge in [-0.25, -0.2) is 13.4 Å². The number of hydrogen-bond donors (Lipinski definition) is 1. The summed E-state index contributed by atoms with van der Waals surface area (Å²) >= 11 is 0. The summed E-state index contributed by atoms with van der Waals surface area (Å²) in [6.45, 7) is 0. The summed E-state index contributed by atoms with van der Waals surface area (Å²) in [5, 5.41) is 6.00. The van der Waals surface area contributed by atoms with Gasteiger partial charge in [-0.3, -0.25) is 9.52 Å². The molecule has 2 aromatic carbocycles. The molecule has 1 atom stereocenters. The SMILES string of the molecule is COc1ccc([C@H]2CC(c3ccc(NS(C)(=O)=O)cc3)=NN2C(=O)c2ccco2)c(OC)c1. The maximum atomic E-state index is 13.2. The predicted molar refractivity (Wildman–Crippen MR) is 123 cm³/mol. The molecule has 3 aromatic rings. The molecule has 0 saturated heterocycles. The zero-order valence-corrected chi connectivity index (χ0v) is 19.1. The molecule has 0 radical (unpaired) electrons. The smallest absolute Gasteiger partial charge is 0.310 e. The van der Waals surface area contributed by atoms with E-state index >= 15 is 0 Å². The average molecular weight is 470 g/mol. The number of nitrogens with zero attached hydrogens (tertiary/aromatic N) is 2. The molecule has 1 N–H and O–H groups in total. The molecule has 0 aliphatic carbocycles. The lowest BCUT2D eigenvalue weighted by Gasteiger charge is -2.23. The number of methoxy groups -OCH3 is 2. The van der Waals surface area contributed by atoms with E-state index in [2.05, 4.69) is 9.82 Å². The number of benzene rings is 2. The molecular weight excluding hydrogens is 446 g/mol. The minimum atomic E-state index is -3.38. The summed E-state index contributed by atoms with van der Waals surface area (Å²) < 4.78 is 41.5. The third-order valence-electron chi connectivity index (χ3n) is 5.17. The van der Waals surface area contributed by atoms with Gasteiger partial charge in [0.15, 0.2) is 5.76 Å². The Hall–Kier alpha value is -3.79. The Labute approximate surface area is 191 Å². The fourth-order valence-corrected chi connectivity index (χ4v) is 4.23. The van der Waals surface area contributed by atoms with Crippen molar-refractivity contribution < 1.29 is 27.1 Å². The molecule has 0 unspecified atom stereocenters. The molecule has 1 aromatic heterocycles. The van der Waals surface area contributed by atoms with Gasteiger partial charge in [-0.15, -0.1) is 0 Å². The lowest BCUT2D eigenvalue weighted by atomic mass is 9.97. The molecule has 2 heterocycles. The van der Waals surface area contributed by atoms with Gasteiger partial charge in [-0.2, -0.15) is 5.10 Å². The molecule has 10 heteroatoms. The number of carbonyl (C=O) groups is 1. The van der Waals surface area contributed by atoms with Gasteiger partial charge in [0.25, 0.3) is 0 Å². The van der Waals surface area contributed by atoms with Crippen molar-refractivity contribution in [2.24, 2.45) is 5.10 Å². The first-order valence-corrected chi connectivity index (χ1v) is 11.9. The highest BCUT2D eigenvalue weighted by Gasteiger charge is 2.36. The minimum absolute atomic E-state index is 0.171. The summed E-state index contributed by atoms with van der Waals surface area (Å²) in [5.41, 5.74) is 2.65. The maximum Gasteiger partial charge on any atom is 0.310 e. The molecule has 1 aliphatic rings. The van der Waals surface area contributed by atoms with Gasteiger partial charge in [0, 0.05) is 23.7 Å². The van der Waals surface area contributed by atoms with Crippen LogP contribution in [0.15, 0.2) is 70.4 Å². The Balaban J connectivity index is 1.70. The molecule has 0 spiro atoms. The molecular formula is C23H23N3O6S. The van der Waals surface area contributed by atoms with Crippen LogP contribution >= 0.6 is 0 Å². The number of carbonyl (C=O) groups excluding carboxylic acids is 1. The zero-order chi connectivity index (χ0) is 23.6. The number of ether oxygens (including phenoxy) is 2. The van der Waals surface area contributed by atoms with Gasteiger partial charge in [0.2, 0.25) is 10.0 Å². The van der Waals surface area contributed by atoms with E-state index in [4.69, 9.17) is 13.9 Å². The number of nitrogens with one attached hydrogen (secondary N) is 1. The molecule has 4 rings (SSSR count). The molecule has 9 nitrogen and oxygen atoms in total. The van der Waals surface area contributed by atoms with Crippen LogP contribution in [0, 0.1) is 0 Å². The summed E-state index contributed by atoms with van der Waals surface area (Å²) in [5.74, 6) is 0.992. The van der Waals surface area contributed by atoms with E-state index in [1.165, 1.54) is 11.3 Å². The van der Waals surface area contributed by atoms with Crippen molar-refractivity contribution in [1.29, 1.82) is 0 Å². The Morgan fingerprint density at radius 3 is 2.48 bits per heavy atom. The normalized spacial score (nSPS) is 15.8. The van der Waals surface area contributed by atoms with E-state index in [0.29, 0.717) is 29.3 Å². The first-order valence-electron chi connectivity index (χ1n) is 10.0. The molecule has 0 fully saturated rings. The zero-order valence-electron chi connectivity index (χ0n) is 18.3. The maximum absolute atomic E-state index is 13.2. The van der Waals surface area contributed by atoms with E-state index in [-0.39, 0.29) is 11.7 Å². The van der Waals surface area contributed by atoms with Gasteiger partial charge in [-0.05, 0) is 42.0 Å². The van der Waals surface area contributed by atoms with E-state index in [0.717, 1.165) is 17.4 Å². The van der Waals surface area contributed by atoms with Crippen LogP contribution in [-0.2, 0) is 10.0 Å². The largest absolute Gasteiger partial charge is 0.497 e. The van der Waals surface area contributed by atoms with Crippen LogP contribution in [0.25, 0.3) is 0 Å². The average Bonchev–Trinajstić information content (AvgIpc) is 3.48. The van der Waals surface area contributed by atoms with Crippen LogP contribution in [0.2, 0.25) is 0 Å². The van der Waals surface area contributed by atoms with Crippen molar-refractivity contribution in [2.45, 2.75) is 12.5 Å². The Kier molecular flexibility index (Phi) is 6.10. The summed E-state index contributed by atoms with van der Waals surface area (Å²) in [6.07, 6.45) is 2.95. The number of furan rings is 1. The van der Waals surface area contributed by atoms with Crippen LogP contribution in [0.3, 0.4) is 0 Å². The summed E-state index contributed by atoms with van der Waals surface area (Å²) in [4.78, 5) is 13.2. The molecule has 1 amide bonds. The first kappa shape index (κ1) is 22.4. The molecule has 1 aliphatic heterocycles. The van der Waals surface area contributed by atoms with Crippen molar-refractivity contribution in [2.75, 3.05) is 25.2 Å². The second-order valence-corrected chi connectivity index (χ2v) is 9.20. The third-order valence-corrected chi connectivity index (χ3v) is 5.78. The van der Waals surface area contributed by atoms with Crippen molar-refractivity contribution in [1.82, 2.24) is 5.01 Å². The second-order valence-electron chi connectivity index (χ2n) is 7.45. The first-order chi connectivity index (χ1) is 15.8. The number of sulfonamides is 1. The molecule has 0 bridgehead atoms. The van der Waals surface area contributed by atoms with E-state index in [1.54, 1.807) is 62.8 Å². The van der Waals surface area contributed by atoms with Crippen LogP contribution in [0.4, 0.5) is 5.69 Å². The van der Waals surface area contributed by atoms with Crippen molar-refractivity contribution in [3.05, 3.63) is 77.7 Å². The topological polar surface area (TPSA) is 110 Å². The minimum Gasteiger partial charge on any atom is -0.497 e. The van der Waals surface area contributed by atoms with Gasteiger partial charge in [0.1, 0.15) is 11.5 Å². The number of hydrazone groups is 1. The summed E-state index contributed by atoms with van der Waals surface area (Å²) in [6, 6.07) is 15.0. The molecule has 172 valence electrons. The fraction of sp³-hybridized carbons (Fsp3) is 0.217. The fourth-order valence-electron chi connectivity index (χ4n) is 3.67. The molecule has 0 saturated carbocycles. The summed E-state index contributed by atoms with van der Waals surface area (Å²) in [7, 11) is -0.254. The van der Waals surface area contributed by atoms with E-state index < -0.39 is 16.1 Å². The van der Waals surface area contributed by atoms with Crippen LogP contribution in [0.5, 0.6) is 11.5 Å². The Morgan fingerprint density at radius 2 is 1.88 bits per heavy atom. The van der Waals surface area contributed by atoms with Gasteiger partial charge in [0.05, 0.1) is 38.5 Å². The quantitative estimate of drug-likeness (QED) is 0.565. The van der Waals surface area contributed by atoms with Crippen molar-refractivity contribution in [3.63, 3.8) is 0 Å². The predicted octanol–water partition coefficient (Wildman–Crippen LogP) is 3.66. The van der Waals surface area contributed by atoms with Crippen LogP contribution < -0.4 is 14.2 Å². The lowest BCUT2D eigenvalue weighted by molar-refractivity contribution is 0.0677.